The van der Waals surface area contributed by atoms with E-state index in [1.54, 1.807) is 12.1 Å². The summed E-state index contributed by atoms with van der Waals surface area (Å²) in [6, 6.07) is 20.4. The van der Waals surface area contributed by atoms with E-state index >= 15 is 0 Å². The lowest BCUT2D eigenvalue weighted by molar-refractivity contribution is -0.112. The zero-order valence-electron chi connectivity index (χ0n) is 15.9. The van der Waals surface area contributed by atoms with Gasteiger partial charge in [0, 0.05) is 10.4 Å². The summed E-state index contributed by atoms with van der Waals surface area (Å²) in [5.74, 6) is -1.13. The predicted octanol–water partition coefficient (Wildman–Crippen LogP) is 5.06. The fourth-order valence-electron chi connectivity index (χ4n) is 2.92. The Morgan fingerprint density at radius 3 is 2.28 bits per heavy atom. The van der Waals surface area contributed by atoms with Gasteiger partial charge in [0.25, 0.3) is 5.91 Å². The van der Waals surface area contributed by atoms with Gasteiger partial charge in [-0.1, -0.05) is 60.7 Å². The first kappa shape index (κ1) is 20.1. The molecular formula is C23H18N2O3S. The number of ether oxygens (including phenoxy) is 1. The van der Waals surface area contributed by atoms with Crippen molar-refractivity contribution in [3.05, 3.63) is 82.2 Å². The number of nitrogens with one attached hydrogen (secondary N) is 1. The summed E-state index contributed by atoms with van der Waals surface area (Å²) in [5, 5.41) is 12.5. The number of hydrogen-bond acceptors (Lipinski definition) is 5. The number of aryl methyl sites for hydroxylation is 1. The van der Waals surface area contributed by atoms with Gasteiger partial charge in [-0.05, 0) is 24.1 Å². The number of hydrogen-bond donors (Lipinski definition) is 1. The molecule has 5 nitrogen and oxygen atoms in total. The standard InChI is InChI=1S/C23H18N2O3S/c1-15-19(17-11-7-4-8-12-17)20(23(27)28-2)22(29-15)25-21(26)18(14-24)13-16-9-5-3-6-10-16/h3-13H,1-2H3,(H,25,26)/b18-13+. The van der Waals surface area contributed by atoms with Crippen molar-refractivity contribution in [1.29, 1.82) is 5.26 Å². The second kappa shape index (κ2) is 9.00. The third-order valence-electron chi connectivity index (χ3n) is 4.24. The molecule has 1 heterocycles. The SMILES string of the molecule is COC(=O)c1c(NC(=O)/C(C#N)=C/c2ccccc2)sc(C)c1-c1ccccc1. The van der Waals surface area contributed by atoms with Crippen molar-refractivity contribution in [1.82, 2.24) is 0 Å². The average Bonchev–Trinajstić information content (AvgIpc) is 3.08. The van der Waals surface area contributed by atoms with Gasteiger partial charge in [0.1, 0.15) is 22.2 Å². The molecule has 3 aromatic rings. The minimum absolute atomic E-state index is 0.0562. The molecule has 144 valence electrons. The molecule has 6 heteroatoms. The second-order valence-corrected chi connectivity index (χ2v) is 7.35. The molecule has 0 saturated carbocycles. The molecule has 3 rings (SSSR count). The Hall–Kier alpha value is -3.69. The van der Waals surface area contributed by atoms with Crippen molar-refractivity contribution in [2.45, 2.75) is 6.92 Å². The highest BCUT2D eigenvalue weighted by Gasteiger charge is 2.25. The molecule has 0 saturated heterocycles. The minimum atomic E-state index is -0.581. The van der Waals surface area contributed by atoms with Gasteiger partial charge in [-0.25, -0.2) is 4.79 Å². The number of thiophene rings is 1. The van der Waals surface area contributed by atoms with Crippen LogP contribution in [0.15, 0.2) is 66.2 Å². The first-order valence-electron chi connectivity index (χ1n) is 8.80. The Bertz CT molecular complexity index is 1110. The average molecular weight is 402 g/mol. The highest BCUT2D eigenvalue weighted by Crippen LogP contribution is 2.40. The summed E-state index contributed by atoms with van der Waals surface area (Å²) in [7, 11) is 1.30. The molecule has 0 unspecified atom stereocenters. The third-order valence-corrected chi connectivity index (χ3v) is 5.26. The van der Waals surface area contributed by atoms with Crippen LogP contribution in [-0.2, 0) is 9.53 Å². The van der Waals surface area contributed by atoms with Crippen molar-refractivity contribution in [2.75, 3.05) is 12.4 Å². The fraction of sp³-hybridized carbons (Fsp3) is 0.0870. The molecule has 0 atom stereocenters. The Kier molecular flexibility index (Phi) is 6.22. The number of anilines is 1. The lowest BCUT2D eigenvalue weighted by atomic mass is 10.0. The van der Waals surface area contributed by atoms with E-state index in [9.17, 15) is 14.9 Å². The maximum atomic E-state index is 12.7. The van der Waals surface area contributed by atoms with Crippen LogP contribution in [0.4, 0.5) is 5.00 Å². The zero-order chi connectivity index (χ0) is 20.8. The van der Waals surface area contributed by atoms with E-state index < -0.39 is 11.9 Å². The number of carbonyl (C=O) groups is 2. The van der Waals surface area contributed by atoms with E-state index in [0.717, 1.165) is 16.0 Å². The molecule has 2 aromatic carbocycles. The van der Waals surface area contributed by atoms with Gasteiger partial charge < -0.3 is 10.1 Å². The topological polar surface area (TPSA) is 79.2 Å². The minimum Gasteiger partial charge on any atom is -0.465 e. The zero-order valence-corrected chi connectivity index (χ0v) is 16.7. The highest BCUT2D eigenvalue weighted by atomic mass is 32.1. The van der Waals surface area contributed by atoms with Crippen LogP contribution in [0.1, 0.15) is 20.8 Å². The lowest BCUT2D eigenvalue weighted by Gasteiger charge is -2.08. The van der Waals surface area contributed by atoms with Gasteiger partial charge >= 0.3 is 5.97 Å². The molecule has 0 radical (unpaired) electrons. The van der Waals surface area contributed by atoms with E-state index in [4.69, 9.17) is 4.74 Å². The molecule has 1 N–H and O–H groups in total. The van der Waals surface area contributed by atoms with Gasteiger partial charge in [-0.2, -0.15) is 5.26 Å². The van der Waals surface area contributed by atoms with Gasteiger partial charge in [0.15, 0.2) is 0 Å². The van der Waals surface area contributed by atoms with Crippen LogP contribution in [0.2, 0.25) is 0 Å². The van der Waals surface area contributed by atoms with Crippen LogP contribution in [0.3, 0.4) is 0 Å². The maximum Gasteiger partial charge on any atom is 0.341 e. The number of amides is 1. The van der Waals surface area contributed by atoms with Gasteiger partial charge in [0.05, 0.1) is 7.11 Å². The highest BCUT2D eigenvalue weighted by molar-refractivity contribution is 7.17. The Morgan fingerprint density at radius 2 is 1.69 bits per heavy atom. The van der Waals surface area contributed by atoms with Crippen LogP contribution in [0, 0.1) is 18.3 Å². The van der Waals surface area contributed by atoms with Crippen molar-refractivity contribution in [3.8, 4) is 17.2 Å². The molecule has 0 aliphatic carbocycles. The van der Waals surface area contributed by atoms with Crippen LogP contribution in [0.5, 0.6) is 0 Å². The van der Waals surface area contributed by atoms with Crippen molar-refractivity contribution in [3.63, 3.8) is 0 Å². The predicted molar refractivity (Wildman–Crippen MR) is 114 cm³/mol. The van der Waals surface area contributed by atoms with E-state index in [1.807, 2.05) is 61.5 Å². The summed E-state index contributed by atoms with van der Waals surface area (Å²) >= 11 is 1.27. The number of nitrogens with zero attached hydrogens (tertiary/aromatic N) is 1. The largest absolute Gasteiger partial charge is 0.465 e. The number of nitriles is 1. The van der Waals surface area contributed by atoms with Crippen molar-refractivity contribution in [2.24, 2.45) is 0 Å². The normalized spacial score (nSPS) is 10.9. The first-order chi connectivity index (χ1) is 14.0. The summed E-state index contributed by atoms with van der Waals surface area (Å²) in [6.07, 6.45) is 1.51. The molecule has 0 bridgehead atoms. The maximum absolute atomic E-state index is 12.7. The summed E-state index contributed by atoms with van der Waals surface area (Å²) in [6.45, 7) is 1.88. The fourth-order valence-corrected chi connectivity index (χ4v) is 3.98. The molecule has 29 heavy (non-hydrogen) atoms. The van der Waals surface area contributed by atoms with Gasteiger partial charge in [-0.15, -0.1) is 11.3 Å². The van der Waals surface area contributed by atoms with Crippen LogP contribution in [-0.4, -0.2) is 19.0 Å². The lowest BCUT2D eigenvalue weighted by Crippen LogP contribution is -2.15. The molecule has 0 aliphatic heterocycles. The van der Waals surface area contributed by atoms with Crippen molar-refractivity contribution >= 4 is 34.3 Å². The van der Waals surface area contributed by atoms with Crippen LogP contribution < -0.4 is 5.32 Å². The third kappa shape index (κ3) is 4.42. The molecule has 1 aromatic heterocycles. The number of rotatable bonds is 5. The molecular weight excluding hydrogens is 384 g/mol. The summed E-state index contributed by atoms with van der Waals surface area (Å²) in [4.78, 5) is 26.1. The van der Waals surface area contributed by atoms with Gasteiger partial charge in [0.2, 0.25) is 0 Å². The van der Waals surface area contributed by atoms with E-state index in [2.05, 4.69) is 5.32 Å². The molecule has 0 fully saturated rings. The second-order valence-electron chi connectivity index (χ2n) is 6.13. The molecule has 0 aliphatic rings. The first-order valence-corrected chi connectivity index (χ1v) is 9.62. The van der Waals surface area contributed by atoms with Crippen LogP contribution in [0.25, 0.3) is 17.2 Å². The number of benzene rings is 2. The van der Waals surface area contributed by atoms with Gasteiger partial charge in [-0.3, -0.25) is 4.79 Å². The van der Waals surface area contributed by atoms with E-state index in [0.29, 0.717) is 10.6 Å². The summed E-state index contributed by atoms with van der Waals surface area (Å²) in [5.41, 5.74) is 2.52. The molecule has 1 amide bonds. The summed E-state index contributed by atoms with van der Waals surface area (Å²) < 4.78 is 4.95. The monoisotopic (exact) mass is 402 g/mol. The van der Waals surface area contributed by atoms with E-state index in [1.165, 1.54) is 24.5 Å². The molecule has 0 spiro atoms. The smallest absolute Gasteiger partial charge is 0.341 e. The van der Waals surface area contributed by atoms with Crippen LogP contribution >= 0.6 is 11.3 Å². The van der Waals surface area contributed by atoms with Crippen molar-refractivity contribution < 1.29 is 14.3 Å². The number of carbonyl (C=O) groups excluding carboxylic acids is 2. The number of methoxy groups -OCH3 is 1. The Morgan fingerprint density at radius 1 is 1.07 bits per heavy atom. The van der Waals surface area contributed by atoms with E-state index in [-0.39, 0.29) is 11.1 Å². The number of esters is 1. The Labute approximate surface area is 172 Å². The quantitative estimate of drug-likeness (QED) is 0.368. The Balaban J connectivity index is 2.01.